The van der Waals surface area contributed by atoms with Crippen LogP contribution in [0.4, 0.5) is 0 Å². The minimum absolute atomic E-state index is 0.108. The molecule has 1 aromatic heterocycles. The Balaban J connectivity index is 1.41. The van der Waals surface area contributed by atoms with Crippen LogP contribution >= 0.6 is 0 Å². The number of rotatable bonds is 9. The van der Waals surface area contributed by atoms with Crippen LogP contribution in [-0.4, -0.2) is 119 Å². The van der Waals surface area contributed by atoms with E-state index in [1.807, 2.05) is 0 Å². The number of hydrogen-bond acceptors (Lipinski definition) is 16. The topological polar surface area (TPSA) is 233 Å². The number of carbonyl (C=O) groups excluding carboxylic acids is 1. The summed E-state index contributed by atoms with van der Waals surface area (Å²) in [6, 6.07) is 9.11. The lowest BCUT2D eigenvalue weighted by Gasteiger charge is -2.43. The van der Waals surface area contributed by atoms with Gasteiger partial charge in [-0.15, -0.1) is 0 Å². The molecular weight excluding hydrogens is 628 g/mol. The van der Waals surface area contributed by atoms with Crippen molar-refractivity contribution in [3.05, 3.63) is 46.6 Å². The fourth-order valence-electron chi connectivity index (χ4n) is 5.36. The monoisotopic (exact) mass is 664 g/mol. The number of hydrogen-bond donors (Lipinski definition) is 6. The highest BCUT2D eigenvalue weighted by Crippen LogP contribution is 2.43. The van der Waals surface area contributed by atoms with Gasteiger partial charge in [-0.05, 0) is 31.2 Å². The minimum atomic E-state index is -1.84. The summed E-state index contributed by atoms with van der Waals surface area (Å²) in [5, 5.41) is 63.4. The zero-order valence-corrected chi connectivity index (χ0v) is 25.7. The van der Waals surface area contributed by atoms with E-state index in [4.69, 9.17) is 37.6 Å². The van der Waals surface area contributed by atoms with E-state index in [0.29, 0.717) is 11.3 Å². The third-order valence-corrected chi connectivity index (χ3v) is 7.91. The van der Waals surface area contributed by atoms with Gasteiger partial charge in [0.2, 0.25) is 12.0 Å². The number of esters is 1. The number of fused-ring (bicyclic) bond motifs is 1. The number of carbonyl (C=O) groups is 1. The SMILES string of the molecule is COc1ccc(-c2cc(=O)c3c(O)c(OC)c(O[C@@H]4OC(CO[C@@H]5OC(C)[C@H](O)[C@H](O)C5OC(C)=O)[C@@H](O)[C@H](O)C4O)cc3o2)cc1. The lowest BCUT2D eigenvalue weighted by atomic mass is 9.98. The fraction of sp³-hybridized carbons (Fsp3) is 0.484. The molecule has 2 aliphatic rings. The quantitative estimate of drug-likeness (QED) is 0.162. The van der Waals surface area contributed by atoms with Crippen molar-refractivity contribution in [1.82, 2.24) is 0 Å². The molecule has 0 saturated carbocycles. The Morgan fingerprint density at radius 3 is 2.21 bits per heavy atom. The van der Waals surface area contributed by atoms with Gasteiger partial charge in [0.1, 0.15) is 59.1 Å². The lowest BCUT2D eigenvalue weighted by Crippen LogP contribution is -2.62. The molecule has 0 radical (unpaired) electrons. The Hall–Kier alpha value is -4.00. The summed E-state index contributed by atoms with van der Waals surface area (Å²) < 4.78 is 44.2. The summed E-state index contributed by atoms with van der Waals surface area (Å²) in [5.74, 6) is -1.23. The average Bonchev–Trinajstić information content (AvgIpc) is 3.04. The molecule has 6 N–H and O–H groups in total. The number of phenolic OH excluding ortho intramolecular Hbond substituents is 1. The van der Waals surface area contributed by atoms with Gasteiger partial charge in [-0.2, -0.15) is 0 Å². The van der Waals surface area contributed by atoms with Crippen molar-refractivity contribution < 1.29 is 73.0 Å². The summed E-state index contributed by atoms with van der Waals surface area (Å²) >= 11 is 0. The zero-order valence-electron chi connectivity index (χ0n) is 25.7. The van der Waals surface area contributed by atoms with Crippen molar-refractivity contribution >= 4 is 16.9 Å². The Bertz CT molecular complexity index is 1620. The van der Waals surface area contributed by atoms with E-state index in [1.165, 1.54) is 33.3 Å². The lowest BCUT2D eigenvalue weighted by molar-refractivity contribution is -0.320. The Labute approximate surface area is 267 Å². The van der Waals surface area contributed by atoms with Crippen LogP contribution in [0.25, 0.3) is 22.3 Å². The van der Waals surface area contributed by atoms with Gasteiger partial charge in [0.05, 0.1) is 26.9 Å². The average molecular weight is 665 g/mol. The van der Waals surface area contributed by atoms with Gasteiger partial charge in [0.25, 0.3) is 0 Å². The van der Waals surface area contributed by atoms with E-state index in [2.05, 4.69) is 0 Å². The molecule has 4 unspecified atom stereocenters. The first-order valence-corrected chi connectivity index (χ1v) is 14.5. The number of methoxy groups -OCH3 is 2. The molecule has 256 valence electrons. The van der Waals surface area contributed by atoms with Crippen molar-refractivity contribution in [2.75, 3.05) is 20.8 Å². The van der Waals surface area contributed by atoms with Crippen LogP contribution < -0.4 is 19.6 Å². The summed E-state index contributed by atoms with van der Waals surface area (Å²) in [6.45, 7) is 2.01. The molecular formula is C31H36O16. The second-order valence-electron chi connectivity index (χ2n) is 11.1. The molecule has 10 atom stereocenters. The van der Waals surface area contributed by atoms with E-state index in [9.17, 15) is 40.2 Å². The predicted molar refractivity (Wildman–Crippen MR) is 158 cm³/mol. The summed E-state index contributed by atoms with van der Waals surface area (Å²) in [6.07, 6.45) is -15.2. The molecule has 2 fully saturated rings. The van der Waals surface area contributed by atoms with Crippen LogP contribution in [0.2, 0.25) is 0 Å². The molecule has 0 aliphatic carbocycles. The zero-order chi connectivity index (χ0) is 34.2. The fourth-order valence-corrected chi connectivity index (χ4v) is 5.36. The van der Waals surface area contributed by atoms with Crippen LogP contribution in [-0.2, 0) is 23.7 Å². The van der Waals surface area contributed by atoms with Crippen LogP contribution in [0.15, 0.2) is 45.6 Å². The van der Waals surface area contributed by atoms with E-state index < -0.39 is 85.2 Å². The van der Waals surface area contributed by atoms with Crippen LogP contribution in [0.1, 0.15) is 13.8 Å². The molecule has 0 amide bonds. The molecule has 16 heteroatoms. The van der Waals surface area contributed by atoms with Gasteiger partial charge in [0.15, 0.2) is 29.3 Å². The predicted octanol–water partition coefficient (Wildman–Crippen LogP) is -0.216. The molecule has 16 nitrogen and oxygen atoms in total. The minimum Gasteiger partial charge on any atom is -0.504 e. The third kappa shape index (κ3) is 6.86. The summed E-state index contributed by atoms with van der Waals surface area (Å²) in [4.78, 5) is 24.7. The van der Waals surface area contributed by atoms with Crippen molar-refractivity contribution in [1.29, 1.82) is 0 Å². The molecule has 47 heavy (non-hydrogen) atoms. The molecule has 5 rings (SSSR count). The van der Waals surface area contributed by atoms with E-state index in [0.717, 1.165) is 6.92 Å². The Morgan fingerprint density at radius 1 is 0.872 bits per heavy atom. The van der Waals surface area contributed by atoms with Gasteiger partial charge in [-0.25, -0.2) is 0 Å². The summed E-state index contributed by atoms with van der Waals surface area (Å²) in [7, 11) is 2.71. The number of aliphatic hydroxyl groups excluding tert-OH is 5. The molecule has 0 spiro atoms. The van der Waals surface area contributed by atoms with Crippen LogP contribution in [0.5, 0.6) is 23.0 Å². The first-order chi connectivity index (χ1) is 22.3. The normalized spacial score (nSPS) is 30.9. The highest BCUT2D eigenvalue weighted by Gasteiger charge is 2.49. The van der Waals surface area contributed by atoms with Crippen molar-refractivity contribution in [3.63, 3.8) is 0 Å². The highest BCUT2D eigenvalue weighted by molar-refractivity contribution is 5.89. The van der Waals surface area contributed by atoms with E-state index in [1.54, 1.807) is 24.3 Å². The summed E-state index contributed by atoms with van der Waals surface area (Å²) in [5.41, 5.74) is -0.167. The van der Waals surface area contributed by atoms with Gasteiger partial charge in [0, 0.05) is 24.6 Å². The molecule has 2 saturated heterocycles. The maximum atomic E-state index is 13.1. The van der Waals surface area contributed by atoms with Gasteiger partial charge < -0.3 is 68.2 Å². The maximum Gasteiger partial charge on any atom is 0.303 e. The van der Waals surface area contributed by atoms with Crippen LogP contribution in [0, 0.1) is 0 Å². The largest absolute Gasteiger partial charge is 0.504 e. The molecule has 3 heterocycles. The smallest absolute Gasteiger partial charge is 0.303 e. The first kappa shape index (κ1) is 34.3. The van der Waals surface area contributed by atoms with E-state index >= 15 is 0 Å². The van der Waals surface area contributed by atoms with Gasteiger partial charge >= 0.3 is 5.97 Å². The number of benzene rings is 2. The van der Waals surface area contributed by atoms with Crippen LogP contribution in [0.3, 0.4) is 0 Å². The number of phenols is 1. The van der Waals surface area contributed by atoms with E-state index in [-0.39, 0.29) is 28.2 Å². The van der Waals surface area contributed by atoms with Crippen molar-refractivity contribution in [3.8, 4) is 34.3 Å². The third-order valence-electron chi connectivity index (χ3n) is 7.91. The second-order valence-corrected chi connectivity index (χ2v) is 11.1. The molecule has 0 bridgehead atoms. The maximum absolute atomic E-state index is 13.1. The Morgan fingerprint density at radius 2 is 1.57 bits per heavy atom. The highest BCUT2D eigenvalue weighted by atomic mass is 16.7. The van der Waals surface area contributed by atoms with Gasteiger partial charge in [-0.3, -0.25) is 9.59 Å². The number of aliphatic hydroxyl groups is 5. The number of aromatic hydroxyl groups is 1. The standard InChI is InChI=1S/C31H36O16/c1-12-22(34)26(38)29(44-13(2)32)31(43-12)42-11-20-23(35)25(37)27(39)30(47-20)46-19-10-18-21(24(36)28(19)41-4)16(33)9-17(45-18)14-5-7-15(40-3)8-6-14/h5-10,12,20,22-23,25-27,29-31,34-39H,11H2,1-4H3/t12?,20?,22-,23+,25-,26-,27?,29?,30+,31+/m0/s1. The molecule has 2 aliphatic heterocycles. The molecule has 2 aromatic carbocycles. The van der Waals surface area contributed by atoms with Gasteiger partial charge in [-0.1, -0.05) is 0 Å². The Kier molecular flexibility index (Phi) is 10.2. The van der Waals surface area contributed by atoms with Crippen molar-refractivity contribution in [2.45, 2.75) is 75.3 Å². The van der Waals surface area contributed by atoms with Crippen molar-refractivity contribution in [2.24, 2.45) is 0 Å². The first-order valence-electron chi connectivity index (χ1n) is 14.5. The molecule has 3 aromatic rings. The number of ether oxygens (including phenoxy) is 7. The second kappa shape index (κ2) is 14.0.